The van der Waals surface area contributed by atoms with Crippen molar-refractivity contribution in [3.8, 4) is 0 Å². The first-order valence-corrected chi connectivity index (χ1v) is 6.64. The number of rotatable bonds is 8. The van der Waals surface area contributed by atoms with E-state index in [2.05, 4.69) is 12.2 Å². The fraction of sp³-hybridized carbons (Fsp3) is 0.923. The smallest absolute Gasteiger partial charge is 0.293 e. The van der Waals surface area contributed by atoms with Gasteiger partial charge in [0.1, 0.15) is 0 Å². The summed E-state index contributed by atoms with van der Waals surface area (Å²) < 4.78 is 4.74. The van der Waals surface area contributed by atoms with Crippen LogP contribution in [0.25, 0.3) is 0 Å². The predicted octanol–water partition coefficient (Wildman–Crippen LogP) is 2.36. The fourth-order valence-electron chi connectivity index (χ4n) is 2.64. The summed E-state index contributed by atoms with van der Waals surface area (Å²) in [5.74, 6) is 1.67. The Hall–Kier alpha value is -0.570. The zero-order valence-corrected chi connectivity index (χ0v) is 10.4. The van der Waals surface area contributed by atoms with Crippen LogP contribution in [0.1, 0.15) is 45.4 Å². The van der Waals surface area contributed by atoms with E-state index in [0.29, 0.717) is 13.1 Å². The van der Waals surface area contributed by atoms with Gasteiger partial charge in [-0.1, -0.05) is 26.2 Å². The SMILES string of the molecule is CCCCC1CCNCC1CCCOC=O. The summed E-state index contributed by atoms with van der Waals surface area (Å²) in [6, 6.07) is 0. The van der Waals surface area contributed by atoms with Gasteiger partial charge in [-0.3, -0.25) is 4.79 Å². The second-order valence-corrected chi connectivity index (χ2v) is 4.76. The standard InChI is InChI=1S/C13H25NO2/c1-2-3-5-12-7-8-14-10-13(12)6-4-9-16-11-15/h11-14H,2-10H2,1H3. The molecule has 1 fully saturated rings. The number of carbonyl (C=O) groups excluding carboxylic acids is 1. The quantitative estimate of drug-likeness (QED) is 0.511. The maximum Gasteiger partial charge on any atom is 0.293 e. The van der Waals surface area contributed by atoms with E-state index in [1.54, 1.807) is 0 Å². The first-order valence-electron chi connectivity index (χ1n) is 6.64. The van der Waals surface area contributed by atoms with Crippen molar-refractivity contribution in [2.24, 2.45) is 11.8 Å². The number of carbonyl (C=O) groups is 1. The summed E-state index contributed by atoms with van der Waals surface area (Å²) in [4.78, 5) is 10.0. The summed E-state index contributed by atoms with van der Waals surface area (Å²) in [6.45, 7) is 5.72. The van der Waals surface area contributed by atoms with Gasteiger partial charge in [-0.05, 0) is 44.2 Å². The molecule has 94 valence electrons. The van der Waals surface area contributed by atoms with Gasteiger partial charge in [0.25, 0.3) is 6.47 Å². The molecule has 0 spiro atoms. The molecule has 2 atom stereocenters. The number of unbranched alkanes of at least 4 members (excludes halogenated alkanes) is 1. The highest BCUT2D eigenvalue weighted by Crippen LogP contribution is 2.28. The lowest BCUT2D eigenvalue weighted by Crippen LogP contribution is -2.36. The Morgan fingerprint density at radius 3 is 2.88 bits per heavy atom. The lowest BCUT2D eigenvalue weighted by atomic mass is 9.80. The molecule has 0 amide bonds. The van der Waals surface area contributed by atoms with Gasteiger partial charge in [0.15, 0.2) is 0 Å². The van der Waals surface area contributed by atoms with E-state index in [4.69, 9.17) is 4.74 Å². The van der Waals surface area contributed by atoms with Gasteiger partial charge in [0.05, 0.1) is 6.61 Å². The minimum atomic E-state index is 0.549. The highest BCUT2D eigenvalue weighted by Gasteiger charge is 2.23. The van der Waals surface area contributed by atoms with Crippen molar-refractivity contribution in [2.75, 3.05) is 19.7 Å². The minimum Gasteiger partial charge on any atom is -0.468 e. The zero-order chi connectivity index (χ0) is 11.6. The Balaban J connectivity index is 2.20. The molecule has 3 heteroatoms. The van der Waals surface area contributed by atoms with Crippen molar-refractivity contribution >= 4 is 6.47 Å². The molecule has 0 radical (unpaired) electrons. The Morgan fingerprint density at radius 2 is 2.12 bits per heavy atom. The van der Waals surface area contributed by atoms with Crippen LogP contribution in [-0.2, 0) is 9.53 Å². The van der Waals surface area contributed by atoms with Crippen molar-refractivity contribution in [3.05, 3.63) is 0 Å². The van der Waals surface area contributed by atoms with Crippen LogP contribution in [0.2, 0.25) is 0 Å². The second kappa shape index (κ2) is 8.57. The molecule has 0 aromatic heterocycles. The van der Waals surface area contributed by atoms with Crippen LogP contribution >= 0.6 is 0 Å². The van der Waals surface area contributed by atoms with Crippen LogP contribution in [0.3, 0.4) is 0 Å². The first kappa shape index (κ1) is 13.5. The van der Waals surface area contributed by atoms with E-state index in [1.165, 1.54) is 38.6 Å². The topological polar surface area (TPSA) is 38.3 Å². The molecular weight excluding hydrogens is 202 g/mol. The van der Waals surface area contributed by atoms with Crippen LogP contribution < -0.4 is 5.32 Å². The largest absolute Gasteiger partial charge is 0.468 e. The average molecular weight is 227 g/mol. The average Bonchev–Trinajstić information content (AvgIpc) is 2.33. The zero-order valence-electron chi connectivity index (χ0n) is 10.4. The van der Waals surface area contributed by atoms with Gasteiger partial charge < -0.3 is 10.1 Å². The maximum absolute atomic E-state index is 10.0. The molecule has 2 unspecified atom stereocenters. The monoisotopic (exact) mass is 227 g/mol. The summed E-state index contributed by atoms with van der Waals surface area (Å²) in [5, 5.41) is 3.47. The Bertz CT molecular complexity index is 185. The van der Waals surface area contributed by atoms with E-state index >= 15 is 0 Å². The predicted molar refractivity (Wildman–Crippen MR) is 65.2 cm³/mol. The molecule has 0 saturated carbocycles. The van der Waals surface area contributed by atoms with E-state index in [1.807, 2.05) is 0 Å². The molecule has 0 bridgehead atoms. The molecule has 1 aliphatic rings. The summed E-state index contributed by atoms with van der Waals surface area (Å²) in [5.41, 5.74) is 0. The van der Waals surface area contributed by atoms with Gasteiger partial charge in [-0.25, -0.2) is 0 Å². The Labute approximate surface area is 98.9 Å². The molecule has 16 heavy (non-hydrogen) atoms. The van der Waals surface area contributed by atoms with Crippen LogP contribution in [0.4, 0.5) is 0 Å². The summed E-state index contributed by atoms with van der Waals surface area (Å²) >= 11 is 0. The third-order valence-electron chi connectivity index (χ3n) is 3.60. The molecule has 0 aliphatic carbocycles. The Morgan fingerprint density at radius 1 is 1.31 bits per heavy atom. The molecule has 1 rings (SSSR count). The Kier molecular flexibility index (Phi) is 7.23. The highest BCUT2D eigenvalue weighted by molar-refractivity contribution is 5.36. The second-order valence-electron chi connectivity index (χ2n) is 4.76. The third kappa shape index (κ3) is 4.97. The molecule has 0 aromatic rings. The molecule has 1 N–H and O–H groups in total. The van der Waals surface area contributed by atoms with Crippen LogP contribution in [0.15, 0.2) is 0 Å². The number of hydrogen-bond acceptors (Lipinski definition) is 3. The van der Waals surface area contributed by atoms with Crippen molar-refractivity contribution < 1.29 is 9.53 Å². The molecular formula is C13H25NO2. The molecule has 1 heterocycles. The van der Waals surface area contributed by atoms with Crippen LogP contribution in [0.5, 0.6) is 0 Å². The summed E-state index contributed by atoms with van der Waals surface area (Å²) in [6.07, 6.45) is 7.54. The third-order valence-corrected chi connectivity index (χ3v) is 3.60. The number of ether oxygens (including phenoxy) is 1. The lowest BCUT2D eigenvalue weighted by molar-refractivity contribution is -0.128. The van der Waals surface area contributed by atoms with E-state index in [-0.39, 0.29) is 0 Å². The number of piperidine rings is 1. The highest BCUT2D eigenvalue weighted by atomic mass is 16.5. The normalized spacial score (nSPS) is 25.3. The fourth-order valence-corrected chi connectivity index (χ4v) is 2.64. The first-order chi connectivity index (χ1) is 7.88. The minimum absolute atomic E-state index is 0.549. The van der Waals surface area contributed by atoms with Crippen LogP contribution in [-0.4, -0.2) is 26.2 Å². The molecule has 0 aromatic carbocycles. The molecule has 1 aliphatic heterocycles. The van der Waals surface area contributed by atoms with E-state index in [0.717, 1.165) is 24.8 Å². The number of nitrogens with one attached hydrogen (secondary N) is 1. The van der Waals surface area contributed by atoms with Gasteiger partial charge in [-0.15, -0.1) is 0 Å². The van der Waals surface area contributed by atoms with Crippen molar-refractivity contribution in [3.63, 3.8) is 0 Å². The maximum atomic E-state index is 10.0. The summed E-state index contributed by atoms with van der Waals surface area (Å²) in [7, 11) is 0. The molecule has 1 saturated heterocycles. The van der Waals surface area contributed by atoms with Crippen molar-refractivity contribution in [1.82, 2.24) is 5.32 Å². The number of hydrogen-bond donors (Lipinski definition) is 1. The lowest BCUT2D eigenvalue weighted by Gasteiger charge is -2.32. The van der Waals surface area contributed by atoms with E-state index < -0.39 is 0 Å². The van der Waals surface area contributed by atoms with Gasteiger partial charge in [-0.2, -0.15) is 0 Å². The van der Waals surface area contributed by atoms with E-state index in [9.17, 15) is 4.79 Å². The van der Waals surface area contributed by atoms with Gasteiger partial charge in [0, 0.05) is 0 Å². The van der Waals surface area contributed by atoms with Gasteiger partial charge in [0.2, 0.25) is 0 Å². The molecule has 3 nitrogen and oxygen atoms in total. The van der Waals surface area contributed by atoms with Crippen molar-refractivity contribution in [1.29, 1.82) is 0 Å². The van der Waals surface area contributed by atoms with Gasteiger partial charge >= 0.3 is 0 Å². The van der Waals surface area contributed by atoms with Crippen molar-refractivity contribution in [2.45, 2.75) is 45.4 Å². The van der Waals surface area contributed by atoms with Crippen LogP contribution in [0, 0.1) is 11.8 Å².